The molecule has 1 aromatic carbocycles. The van der Waals surface area contributed by atoms with Crippen molar-refractivity contribution < 1.29 is 13.5 Å². The molecule has 1 saturated carbocycles. The van der Waals surface area contributed by atoms with E-state index < -0.39 is 11.6 Å². The fourth-order valence-corrected chi connectivity index (χ4v) is 3.72. The summed E-state index contributed by atoms with van der Waals surface area (Å²) in [6.07, 6.45) is 10.7. The highest BCUT2D eigenvalue weighted by molar-refractivity contribution is 5.31. The Bertz CT molecular complexity index is 465. The number of ether oxygens (including phenoxy) is 1. The zero-order valence-corrected chi connectivity index (χ0v) is 13.8. The van der Waals surface area contributed by atoms with Crippen LogP contribution in [-0.2, 0) is 6.42 Å². The molecule has 1 nitrogen and oxygen atoms in total. The molecule has 0 radical (unpaired) electrons. The highest BCUT2D eigenvalue weighted by Gasteiger charge is 2.20. The van der Waals surface area contributed by atoms with Gasteiger partial charge in [-0.15, -0.1) is 0 Å². The molecule has 0 atom stereocenters. The maximum atomic E-state index is 13.9. The van der Waals surface area contributed by atoms with E-state index in [2.05, 4.69) is 6.92 Å². The van der Waals surface area contributed by atoms with Gasteiger partial charge in [0.1, 0.15) is 0 Å². The van der Waals surface area contributed by atoms with Crippen LogP contribution in [0.4, 0.5) is 8.78 Å². The van der Waals surface area contributed by atoms with Crippen LogP contribution in [0.25, 0.3) is 0 Å². The van der Waals surface area contributed by atoms with Gasteiger partial charge in [-0.25, -0.2) is 4.39 Å². The second-order valence-corrected chi connectivity index (χ2v) is 6.62. The van der Waals surface area contributed by atoms with Crippen molar-refractivity contribution in [1.29, 1.82) is 0 Å². The molecule has 1 aliphatic rings. The summed E-state index contributed by atoms with van der Waals surface area (Å²) in [5, 5.41) is 0. The van der Waals surface area contributed by atoms with Crippen molar-refractivity contribution >= 4 is 0 Å². The molecule has 0 unspecified atom stereocenters. The minimum absolute atomic E-state index is 0.0181. The molecule has 1 aliphatic carbocycles. The Morgan fingerprint density at radius 2 is 1.64 bits per heavy atom. The van der Waals surface area contributed by atoms with E-state index in [0.29, 0.717) is 12.0 Å². The number of halogens is 2. The Kier molecular flexibility index (Phi) is 6.66. The Balaban J connectivity index is 1.77. The second-order valence-electron chi connectivity index (χ2n) is 6.62. The highest BCUT2D eigenvalue weighted by Crippen LogP contribution is 2.34. The van der Waals surface area contributed by atoms with Crippen molar-refractivity contribution in [2.75, 3.05) is 7.11 Å². The van der Waals surface area contributed by atoms with Crippen molar-refractivity contribution in [2.24, 2.45) is 11.8 Å². The van der Waals surface area contributed by atoms with E-state index in [1.165, 1.54) is 51.7 Å². The summed E-state index contributed by atoms with van der Waals surface area (Å²) >= 11 is 0. The van der Waals surface area contributed by atoms with Gasteiger partial charge in [0.05, 0.1) is 7.11 Å². The lowest BCUT2D eigenvalue weighted by Gasteiger charge is -2.28. The Morgan fingerprint density at radius 1 is 1.00 bits per heavy atom. The van der Waals surface area contributed by atoms with Gasteiger partial charge in [0, 0.05) is 0 Å². The number of hydrogen-bond donors (Lipinski definition) is 0. The summed E-state index contributed by atoms with van der Waals surface area (Å²) in [6.45, 7) is 2.26. The molecule has 0 heterocycles. The van der Waals surface area contributed by atoms with Gasteiger partial charge in [-0.1, -0.05) is 57.9 Å². The summed E-state index contributed by atoms with van der Waals surface area (Å²) in [6, 6.07) is 3.17. The molecule has 0 saturated heterocycles. The van der Waals surface area contributed by atoms with Crippen LogP contribution in [-0.4, -0.2) is 7.11 Å². The number of aryl methyl sites for hydroxylation is 1. The molecule has 0 bridgehead atoms. The molecule has 0 aromatic heterocycles. The molecular formula is C19H28F2O. The van der Waals surface area contributed by atoms with Crippen molar-refractivity contribution in [2.45, 2.75) is 64.7 Å². The van der Waals surface area contributed by atoms with Crippen molar-refractivity contribution in [1.82, 2.24) is 0 Å². The molecule has 0 amide bonds. The maximum absolute atomic E-state index is 13.9. The molecule has 2 rings (SSSR count). The zero-order chi connectivity index (χ0) is 15.9. The molecule has 1 fully saturated rings. The standard InChI is InChI=1S/C19H28F2O/c1-3-5-14-8-10-15(11-9-14)6-4-7-16-12-13-17(22-2)19(21)18(16)20/h12-15H,3-11H2,1-2H3. The van der Waals surface area contributed by atoms with Gasteiger partial charge in [-0.05, 0) is 36.3 Å². The van der Waals surface area contributed by atoms with Gasteiger partial charge >= 0.3 is 0 Å². The fourth-order valence-electron chi connectivity index (χ4n) is 3.72. The molecule has 3 heteroatoms. The molecular weight excluding hydrogens is 282 g/mol. The van der Waals surface area contributed by atoms with E-state index in [9.17, 15) is 8.78 Å². The van der Waals surface area contributed by atoms with E-state index in [-0.39, 0.29) is 5.75 Å². The average Bonchev–Trinajstić information content (AvgIpc) is 2.53. The third-order valence-electron chi connectivity index (χ3n) is 5.07. The number of hydrogen-bond acceptors (Lipinski definition) is 1. The number of benzene rings is 1. The van der Waals surface area contributed by atoms with Crippen LogP contribution in [0.15, 0.2) is 12.1 Å². The van der Waals surface area contributed by atoms with Gasteiger partial charge in [0.25, 0.3) is 0 Å². The first-order chi connectivity index (χ1) is 10.7. The average molecular weight is 310 g/mol. The van der Waals surface area contributed by atoms with Crippen molar-refractivity contribution in [3.63, 3.8) is 0 Å². The smallest absolute Gasteiger partial charge is 0.200 e. The maximum Gasteiger partial charge on any atom is 0.200 e. The summed E-state index contributed by atoms with van der Waals surface area (Å²) in [5.74, 6) is 0.0789. The Morgan fingerprint density at radius 3 is 2.23 bits per heavy atom. The van der Waals surface area contributed by atoms with Gasteiger partial charge in [-0.2, -0.15) is 4.39 Å². The fraction of sp³-hybridized carbons (Fsp3) is 0.684. The second kappa shape index (κ2) is 8.50. The first-order valence-electron chi connectivity index (χ1n) is 8.66. The topological polar surface area (TPSA) is 9.23 Å². The molecule has 0 N–H and O–H groups in total. The summed E-state index contributed by atoms with van der Waals surface area (Å²) in [4.78, 5) is 0. The lowest BCUT2D eigenvalue weighted by atomic mass is 9.78. The lowest BCUT2D eigenvalue weighted by Crippen LogP contribution is -2.14. The summed E-state index contributed by atoms with van der Waals surface area (Å²) < 4.78 is 32.4. The number of rotatable bonds is 7. The van der Waals surface area contributed by atoms with Gasteiger partial charge in [-0.3, -0.25) is 0 Å². The molecule has 22 heavy (non-hydrogen) atoms. The predicted molar refractivity (Wildman–Crippen MR) is 86.2 cm³/mol. The SMILES string of the molecule is CCCC1CCC(CCCc2ccc(OC)c(F)c2F)CC1. The minimum atomic E-state index is -0.861. The van der Waals surface area contributed by atoms with Gasteiger partial charge in [0.2, 0.25) is 5.82 Å². The van der Waals surface area contributed by atoms with E-state index in [0.717, 1.165) is 24.7 Å². The third kappa shape index (κ3) is 4.44. The van der Waals surface area contributed by atoms with Crippen LogP contribution in [0.2, 0.25) is 0 Å². The monoisotopic (exact) mass is 310 g/mol. The summed E-state index contributed by atoms with van der Waals surface area (Å²) in [5.41, 5.74) is 0.470. The Hall–Kier alpha value is -1.12. The van der Waals surface area contributed by atoms with Crippen molar-refractivity contribution in [3.05, 3.63) is 29.3 Å². The predicted octanol–water partition coefficient (Wildman–Crippen LogP) is 5.90. The van der Waals surface area contributed by atoms with E-state index in [1.54, 1.807) is 6.07 Å². The van der Waals surface area contributed by atoms with Crippen LogP contribution in [0.5, 0.6) is 5.75 Å². The van der Waals surface area contributed by atoms with E-state index in [1.807, 2.05) is 0 Å². The van der Waals surface area contributed by atoms with Crippen LogP contribution in [0, 0.1) is 23.5 Å². The highest BCUT2D eigenvalue weighted by atomic mass is 19.2. The summed E-state index contributed by atoms with van der Waals surface area (Å²) in [7, 11) is 1.35. The van der Waals surface area contributed by atoms with Crippen LogP contribution in [0.3, 0.4) is 0 Å². The number of methoxy groups -OCH3 is 1. The largest absolute Gasteiger partial charge is 0.494 e. The van der Waals surface area contributed by atoms with Crippen LogP contribution in [0.1, 0.15) is 63.9 Å². The Labute approximate surface area is 133 Å². The molecule has 124 valence electrons. The van der Waals surface area contributed by atoms with Crippen molar-refractivity contribution in [3.8, 4) is 5.75 Å². The van der Waals surface area contributed by atoms with E-state index >= 15 is 0 Å². The van der Waals surface area contributed by atoms with Gasteiger partial charge in [0.15, 0.2) is 11.6 Å². The quantitative estimate of drug-likeness (QED) is 0.609. The first-order valence-corrected chi connectivity index (χ1v) is 8.66. The molecule has 0 spiro atoms. The third-order valence-corrected chi connectivity index (χ3v) is 5.07. The zero-order valence-electron chi connectivity index (χ0n) is 13.8. The minimum Gasteiger partial charge on any atom is -0.494 e. The van der Waals surface area contributed by atoms with Crippen LogP contribution >= 0.6 is 0 Å². The van der Waals surface area contributed by atoms with Crippen LogP contribution < -0.4 is 4.74 Å². The van der Waals surface area contributed by atoms with Gasteiger partial charge < -0.3 is 4.74 Å². The van der Waals surface area contributed by atoms with E-state index in [4.69, 9.17) is 4.74 Å². The normalized spacial score (nSPS) is 21.8. The molecule has 0 aliphatic heterocycles. The molecule has 1 aromatic rings. The first kappa shape index (κ1) is 17.2. The lowest BCUT2D eigenvalue weighted by molar-refractivity contribution is 0.249.